The van der Waals surface area contributed by atoms with E-state index >= 15 is 0 Å². The summed E-state index contributed by atoms with van der Waals surface area (Å²) in [5.74, 6) is 0. The molecular formula is C61H40N2S. The lowest BCUT2D eigenvalue weighted by molar-refractivity contribution is 0.768. The van der Waals surface area contributed by atoms with Crippen LogP contribution in [0.2, 0.25) is 0 Å². The monoisotopic (exact) mass is 832 g/mol. The van der Waals surface area contributed by atoms with Gasteiger partial charge in [-0.15, -0.1) is 11.3 Å². The van der Waals surface area contributed by atoms with E-state index in [0.29, 0.717) is 0 Å². The molecule has 0 atom stereocenters. The molecule has 0 saturated heterocycles. The molecule has 0 amide bonds. The van der Waals surface area contributed by atoms with Crippen molar-refractivity contribution in [3.05, 3.63) is 265 Å². The first-order valence-corrected chi connectivity index (χ1v) is 22.8. The topological polar surface area (TPSA) is 8.17 Å². The number of benzene rings is 10. The van der Waals surface area contributed by atoms with Gasteiger partial charge >= 0.3 is 0 Å². The van der Waals surface area contributed by atoms with Crippen LogP contribution in [-0.4, -0.2) is 4.57 Å². The van der Waals surface area contributed by atoms with E-state index < -0.39 is 5.41 Å². The highest BCUT2D eigenvalue weighted by molar-refractivity contribution is 7.26. The molecule has 12 aromatic rings. The highest BCUT2D eigenvalue weighted by atomic mass is 32.1. The van der Waals surface area contributed by atoms with Crippen LogP contribution in [0.4, 0.5) is 17.1 Å². The Balaban J connectivity index is 1.08. The van der Waals surface area contributed by atoms with Gasteiger partial charge in [0, 0.05) is 37.6 Å². The van der Waals surface area contributed by atoms with E-state index in [1.165, 1.54) is 92.2 Å². The second-order valence-corrected chi connectivity index (χ2v) is 17.8. The van der Waals surface area contributed by atoms with Gasteiger partial charge in [-0.25, -0.2) is 0 Å². The lowest BCUT2D eigenvalue weighted by atomic mass is 9.67. The number of rotatable bonds is 7. The average molecular weight is 833 g/mol. The lowest BCUT2D eigenvalue weighted by Crippen LogP contribution is -2.28. The second-order valence-electron chi connectivity index (χ2n) is 16.8. The first-order chi connectivity index (χ1) is 31.8. The molecule has 0 unspecified atom stereocenters. The fraction of sp³-hybridized carbons (Fsp3) is 0.0164. The van der Waals surface area contributed by atoms with Gasteiger partial charge in [0.05, 0.1) is 32.5 Å². The number of nitrogens with zero attached hydrogens (tertiary/aromatic N) is 2. The van der Waals surface area contributed by atoms with E-state index in [-0.39, 0.29) is 0 Å². The molecule has 2 nitrogen and oxygen atoms in total. The SMILES string of the molecule is c1ccc(-c2ccc(N(c3ccc4c(c3)C(c3ccccc3)(c3ccccc3)c3ccccc3-4)c3cccc4c3sc3cccc(-n5c6ccccc6c6ccccc65)c34)cc2)cc1. The summed E-state index contributed by atoms with van der Waals surface area (Å²) in [7, 11) is 0. The normalized spacial score (nSPS) is 12.8. The number of para-hydroxylation sites is 2. The highest BCUT2D eigenvalue weighted by Gasteiger charge is 2.46. The van der Waals surface area contributed by atoms with E-state index in [2.05, 4.69) is 252 Å². The van der Waals surface area contributed by atoms with Gasteiger partial charge < -0.3 is 9.47 Å². The van der Waals surface area contributed by atoms with Gasteiger partial charge in [0.1, 0.15) is 0 Å². The Kier molecular flexibility index (Phi) is 8.34. The average Bonchev–Trinajstić information content (AvgIpc) is 4.02. The Morgan fingerprint density at radius 2 is 0.938 bits per heavy atom. The Labute approximate surface area is 376 Å². The van der Waals surface area contributed by atoms with E-state index in [0.717, 1.165) is 17.1 Å². The number of aromatic nitrogens is 1. The van der Waals surface area contributed by atoms with Crippen molar-refractivity contribution in [2.24, 2.45) is 0 Å². The quantitative estimate of drug-likeness (QED) is 0.155. The molecule has 2 heterocycles. The molecule has 300 valence electrons. The summed E-state index contributed by atoms with van der Waals surface area (Å²) in [5, 5.41) is 5.05. The summed E-state index contributed by atoms with van der Waals surface area (Å²) in [6, 6.07) is 89.5. The van der Waals surface area contributed by atoms with Crippen molar-refractivity contribution in [1.29, 1.82) is 0 Å². The fourth-order valence-electron chi connectivity index (χ4n) is 10.8. The van der Waals surface area contributed by atoms with Crippen molar-refractivity contribution >= 4 is 70.4 Å². The number of hydrogen-bond acceptors (Lipinski definition) is 2. The van der Waals surface area contributed by atoms with Gasteiger partial charge in [0.25, 0.3) is 0 Å². The van der Waals surface area contributed by atoms with Gasteiger partial charge in [0.2, 0.25) is 0 Å². The third-order valence-corrected chi connectivity index (χ3v) is 14.7. The summed E-state index contributed by atoms with van der Waals surface area (Å²) in [6.07, 6.45) is 0. The van der Waals surface area contributed by atoms with E-state index in [4.69, 9.17) is 0 Å². The first-order valence-electron chi connectivity index (χ1n) is 22.0. The summed E-state index contributed by atoms with van der Waals surface area (Å²) < 4.78 is 4.98. The van der Waals surface area contributed by atoms with Crippen molar-refractivity contribution in [3.63, 3.8) is 0 Å². The van der Waals surface area contributed by atoms with Crippen molar-refractivity contribution in [1.82, 2.24) is 4.57 Å². The van der Waals surface area contributed by atoms with Crippen LogP contribution in [0.1, 0.15) is 22.3 Å². The van der Waals surface area contributed by atoms with E-state index in [1.54, 1.807) is 0 Å². The van der Waals surface area contributed by atoms with Crippen molar-refractivity contribution in [2.45, 2.75) is 5.41 Å². The largest absolute Gasteiger partial charge is 0.309 e. The van der Waals surface area contributed by atoms with Gasteiger partial charge in [-0.05, 0) is 99.1 Å². The summed E-state index contributed by atoms with van der Waals surface area (Å²) in [5.41, 5.74) is 16.5. The zero-order valence-corrected chi connectivity index (χ0v) is 35.7. The van der Waals surface area contributed by atoms with Crippen LogP contribution < -0.4 is 4.90 Å². The van der Waals surface area contributed by atoms with E-state index in [1.807, 2.05) is 11.3 Å². The molecule has 0 aliphatic heterocycles. The molecule has 13 rings (SSSR count). The Morgan fingerprint density at radius 1 is 0.391 bits per heavy atom. The highest BCUT2D eigenvalue weighted by Crippen LogP contribution is 2.58. The molecule has 10 aromatic carbocycles. The van der Waals surface area contributed by atoms with Crippen LogP contribution in [0.25, 0.3) is 69.9 Å². The minimum Gasteiger partial charge on any atom is -0.309 e. The van der Waals surface area contributed by atoms with Crippen LogP contribution in [0.3, 0.4) is 0 Å². The molecule has 0 spiro atoms. The zero-order chi connectivity index (χ0) is 42.2. The van der Waals surface area contributed by atoms with Crippen LogP contribution in [-0.2, 0) is 5.41 Å². The molecule has 64 heavy (non-hydrogen) atoms. The number of anilines is 3. The third kappa shape index (κ3) is 5.38. The Morgan fingerprint density at radius 3 is 1.64 bits per heavy atom. The molecule has 0 fully saturated rings. The third-order valence-electron chi connectivity index (χ3n) is 13.5. The predicted octanol–water partition coefficient (Wildman–Crippen LogP) is 16.7. The first kappa shape index (κ1) is 36.7. The van der Waals surface area contributed by atoms with Crippen molar-refractivity contribution in [2.75, 3.05) is 4.90 Å². The van der Waals surface area contributed by atoms with Gasteiger partial charge in [-0.2, -0.15) is 0 Å². The molecule has 0 radical (unpaired) electrons. The maximum Gasteiger partial charge on any atom is 0.0714 e. The smallest absolute Gasteiger partial charge is 0.0714 e. The molecule has 3 heteroatoms. The minimum absolute atomic E-state index is 0.520. The van der Waals surface area contributed by atoms with Gasteiger partial charge in [0.15, 0.2) is 0 Å². The van der Waals surface area contributed by atoms with Gasteiger partial charge in [-0.3, -0.25) is 0 Å². The summed E-state index contributed by atoms with van der Waals surface area (Å²) in [4.78, 5) is 2.50. The maximum absolute atomic E-state index is 2.50. The van der Waals surface area contributed by atoms with Crippen LogP contribution in [0.15, 0.2) is 243 Å². The molecule has 1 aliphatic carbocycles. The molecule has 2 aromatic heterocycles. The minimum atomic E-state index is -0.520. The van der Waals surface area contributed by atoms with E-state index in [9.17, 15) is 0 Å². The maximum atomic E-state index is 2.50. The number of fused-ring (bicyclic) bond motifs is 9. The fourth-order valence-corrected chi connectivity index (χ4v) is 12.0. The predicted molar refractivity (Wildman–Crippen MR) is 271 cm³/mol. The molecule has 0 N–H and O–H groups in total. The Hall–Kier alpha value is -7.98. The lowest BCUT2D eigenvalue weighted by Gasteiger charge is -2.35. The zero-order valence-electron chi connectivity index (χ0n) is 34.9. The summed E-state index contributed by atoms with van der Waals surface area (Å²) in [6.45, 7) is 0. The Bertz CT molecular complexity index is 3620. The molecule has 0 saturated carbocycles. The number of thiophene rings is 1. The molecular weight excluding hydrogens is 793 g/mol. The van der Waals surface area contributed by atoms with Crippen LogP contribution >= 0.6 is 11.3 Å². The van der Waals surface area contributed by atoms with Crippen LogP contribution in [0, 0.1) is 0 Å². The summed E-state index contributed by atoms with van der Waals surface area (Å²) >= 11 is 1.88. The molecule has 0 bridgehead atoms. The van der Waals surface area contributed by atoms with Crippen molar-refractivity contribution in [3.8, 4) is 27.9 Å². The number of hydrogen-bond donors (Lipinski definition) is 0. The van der Waals surface area contributed by atoms with Crippen molar-refractivity contribution < 1.29 is 0 Å². The second kappa shape index (κ2) is 14.6. The van der Waals surface area contributed by atoms with Crippen LogP contribution in [0.5, 0.6) is 0 Å². The standard InChI is InChI=1S/C61H40N2S/c1-4-18-41(19-5-1)42-34-36-45(37-35-42)62(46-38-39-48-47-24-10-13-28-52(47)61(53(48)40-46,43-20-6-2-7-21-43)44-22-8-3-9-23-44)57-32-16-27-51-59-56(31-17-33-58(59)64-60(51)57)63-54-29-14-11-25-49(54)50-26-12-15-30-55(50)63/h1-40H. The van der Waals surface area contributed by atoms with Gasteiger partial charge in [-0.1, -0.05) is 188 Å². The molecule has 1 aliphatic rings.